The van der Waals surface area contributed by atoms with Gasteiger partial charge in [0, 0.05) is 24.7 Å². The molecule has 0 atom stereocenters. The normalized spacial score (nSPS) is 18.0. The molecule has 180 valence electrons. The van der Waals surface area contributed by atoms with Gasteiger partial charge >= 0.3 is 0 Å². The molecule has 0 aliphatic heterocycles. The predicted octanol–water partition coefficient (Wildman–Crippen LogP) is 4.39. The van der Waals surface area contributed by atoms with Crippen LogP contribution in [0.15, 0.2) is 18.3 Å². The van der Waals surface area contributed by atoms with E-state index in [1.54, 1.807) is 4.57 Å². The molecule has 0 bridgehead atoms. The first-order valence-electron chi connectivity index (χ1n) is 11.6. The molecule has 34 heavy (non-hydrogen) atoms. The van der Waals surface area contributed by atoms with Gasteiger partial charge in [-0.05, 0) is 32.1 Å². The van der Waals surface area contributed by atoms with E-state index in [9.17, 15) is 18.0 Å². The number of halogens is 3. The maximum Gasteiger partial charge on any atom is 0.225 e. The van der Waals surface area contributed by atoms with Crippen LogP contribution in [0.2, 0.25) is 0 Å². The maximum atomic E-state index is 14.4. The van der Waals surface area contributed by atoms with Crippen LogP contribution in [0, 0.1) is 22.9 Å². The van der Waals surface area contributed by atoms with Crippen LogP contribution >= 0.6 is 0 Å². The number of carbonyl (C=O) groups excluding carboxylic acids is 1. The smallest absolute Gasteiger partial charge is 0.225 e. The van der Waals surface area contributed by atoms with E-state index in [1.807, 2.05) is 0 Å². The van der Waals surface area contributed by atoms with Crippen LogP contribution in [-0.2, 0) is 11.3 Å². The minimum absolute atomic E-state index is 0.0701. The van der Waals surface area contributed by atoms with E-state index in [0.717, 1.165) is 38.5 Å². The summed E-state index contributed by atoms with van der Waals surface area (Å²) in [7, 11) is 0. The minimum atomic E-state index is -1.10. The first-order chi connectivity index (χ1) is 16.3. The zero-order chi connectivity index (χ0) is 23.9. The zero-order valence-electron chi connectivity index (χ0n) is 18.6. The van der Waals surface area contributed by atoms with E-state index in [1.165, 1.54) is 6.20 Å². The average Bonchev–Trinajstić information content (AvgIpc) is 3.10. The van der Waals surface area contributed by atoms with Crippen molar-refractivity contribution in [2.24, 2.45) is 11.1 Å². The topological polar surface area (TPSA) is 111 Å². The zero-order valence-corrected chi connectivity index (χ0v) is 18.6. The van der Waals surface area contributed by atoms with Gasteiger partial charge in [-0.15, -0.1) is 0 Å². The highest BCUT2D eigenvalue weighted by Gasteiger charge is 2.39. The third kappa shape index (κ3) is 4.14. The maximum absolute atomic E-state index is 14.4. The number of anilines is 3. The number of hydrogen-bond acceptors (Lipinski definition) is 6. The highest BCUT2D eigenvalue weighted by atomic mass is 19.1. The third-order valence-electron chi connectivity index (χ3n) is 6.96. The molecular weight excluding hydrogens is 447 g/mol. The lowest BCUT2D eigenvalue weighted by atomic mass is 9.73. The SMILES string of the molecule is NC(=O)C1(Cn2c(Nc3c(F)cc(F)cc3F)nc3cnc(NC4CCC4)nc32)CCCCC1. The van der Waals surface area contributed by atoms with Crippen molar-refractivity contribution in [3.05, 3.63) is 35.8 Å². The number of primary amides is 1. The Labute approximate surface area is 194 Å². The number of hydrogen-bond donors (Lipinski definition) is 3. The van der Waals surface area contributed by atoms with E-state index >= 15 is 0 Å². The summed E-state index contributed by atoms with van der Waals surface area (Å²) in [5, 5.41) is 5.93. The molecule has 3 aromatic rings. The number of rotatable bonds is 7. The van der Waals surface area contributed by atoms with Gasteiger partial charge in [0.25, 0.3) is 0 Å². The van der Waals surface area contributed by atoms with Crippen LogP contribution in [0.4, 0.5) is 30.8 Å². The summed E-state index contributed by atoms with van der Waals surface area (Å²) in [4.78, 5) is 26.0. The van der Waals surface area contributed by atoms with E-state index in [-0.39, 0.29) is 12.5 Å². The summed E-state index contributed by atoms with van der Waals surface area (Å²) in [5.74, 6) is -3.17. The van der Waals surface area contributed by atoms with Crippen molar-refractivity contribution in [3.8, 4) is 0 Å². The quantitative estimate of drug-likeness (QED) is 0.470. The molecule has 8 nitrogen and oxygen atoms in total. The Balaban J connectivity index is 1.59. The fourth-order valence-corrected chi connectivity index (χ4v) is 4.76. The van der Waals surface area contributed by atoms with Crippen molar-refractivity contribution in [2.45, 2.75) is 64.0 Å². The average molecular weight is 474 g/mol. The van der Waals surface area contributed by atoms with E-state index in [4.69, 9.17) is 5.73 Å². The molecule has 2 fully saturated rings. The predicted molar refractivity (Wildman–Crippen MR) is 121 cm³/mol. The van der Waals surface area contributed by atoms with Crippen molar-refractivity contribution >= 4 is 34.7 Å². The van der Waals surface area contributed by atoms with Crippen LogP contribution in [0.25, 0.3) is 11.2 Å². The van der Waals surface area contributed by atoms with Crippen LogP contribution in [-0.4, -0.2) is 31.5 Å². The Morgan fingerprint density at radius 2 is 1.79 bits per heavy atom. The Hall–Kier alpha value is -3.37. The van der Waals surface area contributed by atoms with Gasteiger partial charge in [0.2, 0.25) is 17.8 Å². The Bertz CT molecular complexity index is 1210. The molecule has 0 radical (unpaired) electrons. The van der Waals surface area contributed by atoms with Crippen molar-refractivity contribution in [3.63, 3.8) is 0 Å². The molecule has 0 unspecified atom stereocenters. The van der Waals surface area contributed by atoms with Gasteiger partial charge in [0.1, 0.15) is 17.0 Å². The molecule has 1 aromatic carbocycles. The molecule has 11 heteroatoms. The van der Waals surface area contributed by atoms with Crippen LogP contribution in [0.3, 0.4) is 0 Å². The lowest BCUT2D eigenvalue weighted by Crippen LogP contribution is -2.42. The number of aromatic nitrogens is 4. The van der Waals surface area contributed by atoms with Gasteiger partial charge in [-0.3, -0.25) is 9.36 Å². The van der Waals surface area contributed by atoms with Gasteiger partial charge in [-0.25, -0.2) is 23.1 Å². The van der Waals surface area contributed by atoms with E-state index < -0.39 is 34.5 Å². The summed E-state index contributed by atoms with van der Waals surface area (Å²) in [6.45, 7) is 0.144. The van der Waals surface area contributed by atoms with Crippen molar-refractivity contribution < 1.29 is 18.0 Å². The molecule has 4 N–H and O–H groups in total. The van der Waals surface area contributed by atoms with Crippen LogP contribution in [0.1, 0.15) is 51.4 Å². The van der Waals surface area contributed by atoms with E-state index in [2.05, 4.69) is 25.6 Å². The van der Waals surface area contributed by atoms with Crippen LogP contribution in [0.5, 0.6) is 0 Å². The largest absolute Gasteiger partial charge is 0.369 e. The van der Waals surface area contributed by atoms with Crippen LogP contribution < -0.4 is 16.4 Å². The number of benzene rings is 1. The van der Waals surface area contributed by atoms with Crippen molar-refractivity contribution in [1.29, 1.82) is 0 Å². The molecule has 1 amide bonds. The standard InChI is InChI=1S/C23H26F3N7O/c24-13-9-15(25)18(16(26)10-13)31-22-30-17-11-28-21(29-14-5-4-6-14)32-19(17)33(22)12-23(20(27)34)7-2-1-3-8-23/h9-11,14H,1-8,12H2,(H2,27,34)(H,30,31)(H,28,29,32). The Kier molecular flexibility index (Phi) is 5.78. The van der Waals surface area contributed by atoms with Gasteiger partial charge in [-0.2, -0.15) is 4.98 Å². The molecule has 2 heterocycles. The number of imidazole rings is 1. The number of fused-ring (bicyclic) bond motifs is 1. The molecule has 5 rings (SSSR count). The van der Waals surface area contributed by atoms with Gasteiger partial charge in [0.15, 0.2) is 17.3 Å². The highest BCUT2D eigenvalue weighted by Crippen LogP contribution is 2.39. The highest BCUT2D eigenvalue weighted by molar-refractivity contribution is 5.82. The second-order valence-electron chi connectivity index (χ2n) is 9.27. The second-order valence-corrected chi connectivity index (χ2v) is 9.27. The Morgan fingerprint density at radius 3 is 2.41 bits per heavy atom. The lowest BCUT2D eigenvalue weighted by Gasteiger charge is -2.35. The summed E-state index contributed by atoms with van der Waals surface area (Å²) in [6, 6.07) is 1.47. The van der Waals surface area contributed by atoms with Gasteiger partial charge in [0.05, 0.1) is 11.6 Å². The van der Waals surface area contributed by atoms with Crippen molar-refractivity contribution in [2.75, 3.05) is 10.6 Å². The number of nitrogens with one attached hydrogen (secondary N) is 2. The fraction of sp³-hybridized carbons (Fsp3) is 0.478. The first kappa shape index (κ1) is 22.4. The summed E-state index contributed by atoms with van der Waals surface area (Å²) in [5.41, 5.74) is 5.27. The molecule has 2 aromatic heterocycles. The Morgan fingerprint density at radius 1 is 1.09 bits per heavy atom. The monoisotopic (exact) mass is 473 g/mol. The van der Waals surface area contributed by atoms with Crippen molar-refractivity contribution in [1.82, 2.24) is 19.5 Å². The number of nitrogens with two attached hydrogens (primary N) is 1. The molecule has 0 spiro atoms. The third-order valence-corrected chi connectivity index (χ3v) is 6.96. The molecule has 0 saturated heterocycles. The minimum Gasteiger partial charge on any atom is -0.369 e. The van der Waals surface area contributed by atoms with Gasteiger partial charge < -0.3 is 16.4 Å². The first-order valence-corrected chi connectivity index (χ1v) is 11.6. The van der Waals surface area contributed by atoms with E-state index in [0.29, 0.717) is 48.1 Å². The number of carbonyl (C=O) groups is 1. The summed E-state index contributed by atoms with van der Waals surface area (Å²) >= 11 is 0. The molecule has 2 aliphatic carbocycles. The lowest BCUT2D eigenvalue weighted by molar-refractivity contribution is -0.130. The molecule has 2 aliphatic rings. The number of nitrogens with zero attached hydrogens (tertiary/aromatic N) is 4. The molecular formula is C23H26F3N7O. The van der Waals surface area contributed by atoms with Gasteiger partial charge in [-0.1, -0.05) is 19.3 Å². The number of amides is 1. The summed E-state index contributed by atoms with van der Waals surface area (Å²) < 4.78 is 43.9. The summed E-state index contributed by atoms with van der Waals surface area (Å²) in [6.07, 6.45) is 8.63. The second kappa shape index (κ2) is 8.77. The molecule has 2 saturated carbocycles. The fourth-order valence-electron chi connectivity index (χ4n) is 4.76.